The normalized spacial score (nSPS) is 13.4. The van der Waals surface area contributed by atoms with E-state index in [-0.39, 0.29) is 11.8 Å². The van der Waals surface area contributed by atoms with Gasteiger partial charge in [0.2, 0.25) is 0 Å². The lowest BCUT2D eigenvalue weighted by molar-refractivity contribution is 0.0600. The minimum atomic E-state index is -0.345. The minimum Gasteiger partial charge on any atom is -0.465 e. The van der Waals surface area contributed by atoms with Crippen LogP contribution in [0.25, 0.3) is 12.2 Å². The number of hydrogen-bond donors (Lipinski definition) is 0. The zero-order valence-corrected chi connectivity index (χ0v) is 12.3. The van der Waals surface area contributed by atoms with E-state index < -0.39 is 0 Å². The summed E-state index contributed by atoms with van der Waals surface area (Å²) in [5.74, 6) is -0.127. The van der Waals surface area contributed by atoms with Crippen LogP contribution < -0.4 is 0 Å². The maximum atomic E-state index is 12.0. The van der Waals surface area contributed by atoms with Gasteiger partial charge >= 0.3 is 5.97 Å². The summed E-state index contributed by atoms with van der Waals surface area (Å²) in [6.07, 6.45) is 5.34. The summed E-state index contributed by atoms with van der Waals surface area (Å²) in [6, 6.07) is 13.1. The van der Waals surface area contributed by atoms with Crippen molar-refractivity contribution >= 4 is 23.9 Å². The highest BCUT2D eigenvalue weighted by Gasteiger charge is 2.21. The molecule has 0 aliphatic heterocycles. The Balaban J connectivity index is 1.85. The Kier molecular flexibility index (Phi) is 3.88. The van der Waals surface area contributed by atoms with Gasteiger partial charge in [0.25, 0.3) is 0 Å². The minimum absolute atomic E-state index is 0.219. The molecule has 3 rings (SSSR count). The number of hydrogen-bond acceptors (Lipinski definition) is 3. The number of rotatable bonds is 3. The lowest BCUT2D eigenvalue weighted by Gasteiger charge is -2.03. The van der Waals surface area contributed by atoms with Gasteiger partial charge in [0.15, 0.2) is 5.78 Å². The molecule has 0 heterocycles. The van der Waals surface area contributed by atoms with Gasteiger partial charge in [-0.05, 0) is 35.2 Å². The lowest BCUT2D eigenvalue weighted by Crippen LogP contribution is -2.00. The number of carbonyl (C=O) groups excluding carboxylic acids is 2. The van der Waals surface area contributed by atoms with Crippen LogP contribution in [0.15, 0.2) is 42.5 Å². The van der Waals surface area contributed by atoms with Crippen LogP contribution in [0.2, 0.25) is 0 Å². The van der Waals surface area contributed by atoms with E-state index >= 15 is 0 Å². The highest BCUT2D eigenvalue weighted by molar-refractivity contribution is 6.04. The Morgan fingerprint density at radius 1 is 1.05 bits per heavy atom. The molecule has 0 unspecified atom stereocenters. The average Bonchev–Trinajstić information content (AvgIpc) is 2.95. The SMILES string of the molecule is COC(=O)c1ccc(/C=C/c2cccc3c2C(=O)CC3)cc1. The third-order valence-electron chi connectivity index (χ3n) is 3.87. The number of Topliss-reactive ketones (excluding diaryl/α,β-unsaturated/α-hetero) is 1. The molecule has 0 aromatic heterocycles. The Labute approximate surface area is 129 Å². The summed E-state index contributed by atoms with van der Waals surface area (Å²) in [4.78, 5) is 23.4. The van der Waals surface area contributed by atoms with Gasteiger partial charge in [-0.15, -0.1) is 0 Å². The Morgan fingerprint density at radius 3 is 2.55 bits per heavy atom. The predicted octanol–water partition coefficient (Wildman–Crippen LogP) is 3.77. The number of fused-ring (bicyclic) bond motifs is 1. The first kappa shape index (κ1) is 14.3. The van der Waals surface area contributed by atoms with Crippen LogP contribution in [-0.4, -0.2) is 18.9 Å². The van der Waals surface area contributed by atoms with E-state index in [4.69, 9.17) is 0 Å². The molecule has 0 amide bonds. The number of methoxy groups -OCH3 is 1. The number of aryl methyl sites for hydroxylation is 1. The van der Waals surface area contributed by atoms with E-state index in [0.29, 0.717) is 12.0 Å². The van der Waals surface area contributed by atoms with Crippen molar-refractivity contribution in [3.8, 4) is 0 Å². The van der Waals surface area contributed by atoms with Gasteiger partial charge in [-0.3, -0.25) is 4.79 Å². The number of carbonyl (C=O) groups is 2. The second-order valence-electron chi connectivity index (χ2n) is 5.25. The maximum absolute atomic E-state index is 12.0. The third-order valence-corrected chi connectivity index (χ3v) is 3.87. The van der Waals surface area contributed by atoms with E-state index in [9.17, 15) is 9.59 Å². The standard InChI is InChI=1S/C19H16O3/c1-22-19(21)16-9-6-13(7-10-16)5-8-14-3-2-4-15-11-12-17(20)18(14)15/h2-10H,11-12H2,1H3/b8-5+. The van der Waals surface area contributed by atoms with Crippen LogP contribution >= 0.6 is 0 Å². The molecule has 0 spiro atoms. The first-order valence-electron chi connectivity index (χ1n) is 7.20. The molecule has 110 valence electrons. The first-order valence-corrected chi connectivity index (χ1v) is 7.20. The first-order chi connectivity index (χ1) is 10.7. The Bertz CT molecular complexity index is 755. The van der Waals surface area contributed by atoms with Crippen LogP contribution in [-0.2, 0) is 11.2 Å². The molecule has 2 aromatic carbocycles. The summed E-state index contributed by atoms with van der Waals surface area (Å²) in [6.45, 7) is 0. The fourth-order valence-electron chi connectivity index (χ4n) is 2.71. The molecule has 0 saturated heterocycles. The molecular weight excluding hydrogens is 276 g/mol. The van der Waals surface area contributed by atoms with Gasteiger partial charge < -0.3 is 4.74 Å². The fourth-order valence-corrected chi connectivity index (χ4v) is 2.71. The summed E-state index contributed by atoms with van der Waals surface area (Å²) >= 11 is 0. The van der Waals surface area contributed by atoms with Crippen LogP contribution in [0.5, 0.6) is 0 Å². The zero-order chi connectivity index (χ0) is 15.5. The number of ether oxygens (including phenoxy) is 1. The van der Waals surface area contributed by atoms with E-state index in [2.05, 4.69) is 4.74 Å². The summed E-state index contributed by atoms with van der Waals surface area (Å²) in [7, 11) is 1.36. The third kappa shape index (κ3) is 2.70. The smallest absolute Gasteiger partial charge is 0.337 e. The zero-order valence-electron chi connectivity index (χ0n) is 12.3. The quantitative estimate of drug-likeness (QED) is 0.639. The van der Waals surface area contributed by atoms with Crippen molar-refractivity contribution in [2.45, 2.75) is 12.8 Å². The van der Waals surface area contributed by atoms with Crippen LogP contribution in [0.1, 0.15) is 43.8 Å². The van der Waals surface area contributed by atoms with E-state index in [1.54, 1.807) is 12.1 Å². The summed E-state index contributed by atoms with van der Waals surface area (Å²) in [5.41, 5.74) is 4.43. The summed E-state index contributed by atoms with van der Waals surface area (Å²) < 4.78 is 4.67. The van der Waals surface area contributed by atoms with Crippen LogP contribution in [0.4, 0.5) is 0 Å². The molecule has 0 N–H and O–H groups in total. The second-order valence-corrected chi connectivity index (χ2v) is 5.25. The molecule has 3 heteroatoms. The molecule has 0 saturated carbocycles. The van der Waals surface area contributed by atoms with Gasteiger partial charge in [-0.25, -0.2) is 4.79 Å². The highest BCUT2D eigenvalue weighted by atomic mass is 16.5. The van der Waals surface area contributed by atoms with Gasteiger partial charge in [-0.1, -0.05) is 42.5 Å². The molecule has 3 nitrogen and oxygen atoms in total. The van der Waals surface area contributed by atoms with E-state index in [1.807, 2.05) is 42.5 Å². The second kappa shape index (κ2) is 5.98. The fraction of sp³-hybridized carbons (Fsp3) is 0.158. The summed E-state index contributed by atoms with van der Waals surface area (Å²) in [5, 5.41) is 0. The van der Waals surface area contributed by atoms with Crippen molar-refractivity contribution < 1.29 is 14.3 Å². The van der Waals surface area contributed by atoms with Gasteiger partial charge in [-0.2, -0.15) is 0 Å². The highest BCUT2D eigenvalue weighted by Crippen LogP contribution is 2.26. The molecule has 1 aliphatic carbocycles. The largest absolute Gasteiger partial charge is 0.465 e. The molecule has 0 bridgehead atoms. The molecular formula is C19H16O3. The molecule has 1 aliphatic rings. The van der Waals surface area contributed by atoms with Crippen molar-refractivity contribution in [1.29, 1.82) is 0 Å². The van der Waals surface area contributed by atoms with Crippen LogP contribution in [0, 0.1) is 0 Å². The number of ketones is 1. The van der Waals surface area contributed by atoms with E-state index in [0.717, 1.165) is 28.7 Å². The molecule has 22 heavy (non-hydrogen) atoms. The molecule has 0 fully saturated rings. The van der Waals surface area contributed by atoms with Crippen molar-refractivity contribution in [2.75, 3.05) is 7.11 Å². The van der Waals surface area contributed by atoms with Gasteiger partial charge in [0, 0.05) is 12.0 Å². The topological polar surface area (TPSA) is 43.4 Å². The number of benzene rings is 2. The van der Waals surface area contributed by atoms with Crippen LogP contribution in [0.3, 0.4) is 0 Å². The van der Waals surface area contributed by atoms with Crippen molar-refractivity contribution in [3.05, 3.63) is 70.3 Å². The molecule has 0 radical (unpaired) electrons. The van der Waals surface area contributed by atoms with Crippen molar-refractivity contribution in [3.63, 3.8) is 0 Å². The number of esters is 1. The predicted molar refractivity (Wildman–Crippen MR) is 85.8 cm³/mol. The Hall–Kier alpha value is -2.68. The molecule has 0 atom stereocenters. The maximum Gasteiger partial charge on any atom is 0.337 e. The Morgan fingerprint density at radius 2 is 1.82 bits per heavy atom. The van der Waals surface area contributed by atoms with Crippen molar-refractivity contribution in [1.82, 2.24) is 0 Å². The molecule has 2 aromatic rings. The average molecular weight is 292 g/mol. The van der Waals surface area contributed by atoms with Gasteiger partial charge in [0.1, 0.15) is 0 Å². The van der Waals surface area contributed by atoms with E-state index in [1.165, 1.54) is 7.11 Å². The monoisotopic (exact) mass is 292 g/mol. The van der Waals surface area contributed by atoms with Crippen molar-refractivity contribution in [2.24, 2.45) is 0 Å². The lowest BCUT2D eigenvalue weighted by atomic mass is 10.0. The van der Waals surface area contributed by atoms with Gasteiger partial charge in [0.05, 0.1) is 12.7 Å².